The molecule has 1 fully saturated rings. The maximum atomic E-state index is 11.2. The second-order valence-electron chi connectivity index (χ2n) is 4.30. The van der Waals surface area contributed by atoms with Crippen LogP contribution in [0.5, 0.6) is 0 Å². The Morgan fingerprint density at radius 2 is 2.07 bits per heavy atom. The normalized spacial score (nSPS) is 17.3. The average molecular weight is 213 g/mol. The fourth-order valence-corrected chi connectivity index (χ4v) is 2.12. The molecule has 88 valence electrons. The molecule has 1 rings (SSSR count). The Morgan fingerprint density at radius 3 is 2.67 bits per heavy atom. The molecular weight excluding hydrogens is 190 g/mol. The van der Waals surface area contributed by atoms with E-state index >= 15 is 0 Å². The first-order chi connectivity index (χ1) is 7.24. The van der Waals surface area contributed by atoms with E-state index in [2.05, 4.69) is 22.6 Å². The average Bonchev–Trinajstić information content (AvgIpc) is 2.70. The van der Waals surface area contributed by atoms with E-state index < -0.39 is 0 Å². The number of likely N-dealkylation sites (N-methyl/N-ethyl adjacent to an activating group) is 2. The summed E-state index contributed by atoms with van der Waals surface area (Å²) in [5.41, 5.74) is 0. The van der Waals surface area contributed by atoms with E-state index in [9.17, 15) is 4.79 Å². The fraction of sp³-hybridized carbons (Fsp3) is 0.909. The van der Waals surface area contributed by atoms with Gasteiger partial charge in [0.1, 0.15) is 0 Å². The summed E-state index contributed by atoms with van der Waals surface area (Å²) in [6, 6.07) is 0.742. The van der Waals surface area contributed by atoms with Crippen LogP contribution in [0.1, 0.15) is 25.7 Å². The summed E-state index contributed by atoms with van der Waals surface area (Å²) in [5.74, 6) is 0.0809. The Hall–Kier alpha value is -0.610. The van der Waals surface area contributed by atoms with Crippen LogP contribution in [0.15, 0.2) is 0 Å². The maximum Gasteiger partial charge on any atom is 0.233 e. The molecule has 1 aliphatic carbocycles. The van der Waals surface area contributed by atoms with Crippen molar-refractivity contribution in [2.75, 3.05) is 33.7 Å². The number of amides is 1. The Balaban J connectivity index is 2.05. The molecule has 1 saturated carbocycles. The van der Waals surface area contributed by atoms with E-state index in [0.717, 1.165) is 19.1 Å². The monoisotopic (exact) mass is 213 g/mol. The van der Waals surface area contributed by atoms with Crippen LogP contribution < -0.4 is 10.6 Å². The molecule has 15 heavy (non-hydrogen) atoms. The van der Waals surface area contributed by atoms with Crippen molar-refractivity contribution in [2.45, 2.75) is 31.7 Å². The van der Waals surface area contributed by atoms with Crippen molar-refractivity contribution in [2.24, 2.45) is 0 Å². The van der Waals surface area contributed by atoms with Crippen LogP contribution >= 0.6 is 0 Å². The van der Waals surface area contributed by atoms with Crippen molar-refractivity contribution in [3.8, 4) is 0 Å². The quantitative estimate of drug-likeness (QED) is 0.662. The van der Waals surface area contributed by atoms with E-state index in [1.807, 2.05) is 0 Å². The number of nitrogens with one attached hydrogen (secondary N) is 2. The van der Waals surface area contributed by atoms with Crippen LogP contribution in [0.2, 0.25) is 0 Å². The maximum absolute atomic E-state index is 11.2. The van der Waals surface area contributed by atoms with Crippen molar-refractivity contribution in [3.05, 3.63) is 0 Å². The molecule has 0 saturated heterocycles. The SMILES string of the molecule is CNCC(=O)NCCN(C)C1CCCC1. The minimum atomic E-state index is 0.0809. The lowest BCUT2D eigenvalue weighted by atomic mass is 10.2. The van der Waals surface area contributed by atoms with E-state index in [1.165, 1.54) is 25.7 Å². The van der Waals surface area contributed by atoms with Crippen molar-refractivity contribution < 1.29 is 4.79 Å². The third kappa shape index (κ3) is 4.62. The van der Waals surface area contributed by atoms with Crippen molar-refractivity contribution >= 4 is 5.91 Å². The van der Waals surface area contributed by atoms with Crippen LogP contribution in [-0.4, -0.2) is 50.6 Å². The third-order valence-electron chi connectivity index (χ3n) is 3.07. The Labute approximate surface area is 92.4 Å². The van der Waals surface area contributed by atoms with Crippen LogP contribution in [0.4, 0.5) is 0 Å². The number of carbonyl (C=O) groups is 1. The summed E-state index contributed by atoms with van der Waals surface area (Å²) in [4.78, 5) is 13.5. The van der Waals surface area contributed by atoms with Gasteiger partial charge in [-0.25, -0.2) is 0 Å². The fourth-order valence-electron chi connectivity index (χ4n) is 2.12. The summed E-state index contributed by atoms with van der Waals surface area (Å²) in [5, 5.41) is 5.73. The van der Waals surface area contributed by atoms with Crippen LogP contribution in [0, 0.1) is 0 Å². The molecule has 1 aliphatic rings. The molecule has 0 atom stereocenters. The molecule has 0 aromatic carbocycles. The van der Waals surface area contributed by atoms with E-state index in [-0.39, 0.29) is 5.91 Å². The van der Waals surface area contributed by atoms with Gasteiger partial charge in [-0.15, -0.1) is 0 Å². The van der Waals surface area contributed by atoms with Crippen LogP contribution in [-0.2, 0) is 4.79 Å². The van der Waals surface area contributed by atoms with Crippen LogP contribution in [0.25, 0.3) is 0 Å². The molecule has 4 nitrogen and oxygen atoms in total. The van der Waals surface area contributed by atoms with Crippen LogP contribution in [0.3, 0.4) is 0 Å². The predicted octanol–water partition coefficient (Wildman–Crippen LogP) is 0.196. The first kappa shape index (κ1) is 12.5. The summed E-state index contributed by atoms with van der Waals surface area (Å²) < 4.78 is 0. The van der Waals surface area contributed by atoms with Gasteiger partial charge in [0.25, 0.3) is 0 Å². The van der Waals surface area contributed by atoms with Gasteiger partial charge in [-0.2, -0.15) is 0 Å². The smallest absolute Gasteiger partial charge is 0.233 e. The van der Waals surface area contributed by atoms with Gasteiger partial charge in [0, 0.05) is 19.1 Å². The van der Waals surface area contributed by atoms with Crippen molar-refractivity contribution in [1.82, 2.24) is 15.5 Å². The predicted molar refractivity (Wildman–Crippen MR) is 61.8 cm³/mol. The molecule has 0 aromatic rings. The number of hydrogen-bond acceptors (Lipinski definition) is 3. The second kappa shape index (κ2) is 6.80. The molecule has 0 unspecified atom stereocenters. The standard InChI is InChI=1S/C11H23N3O/c1-12-9-11(15)13-7-8-14(2)10-5-3-4-6-10/h10,12H,3-9H2,1-2H3,(H,13,15). The Kier molecular flexibility index (Phi) is 5.65. The first-order valence-corrected chi connectivity index (χ1v) is 5.85. The molecule has 0 spiro atoms. The highest BCUT2D eigenvalue weighted by Gasteiger charge is 2.18. The summed E-state index contributed by atoms with van der Waals surface area (Å²) in [6.07, 6.45) is 5.37. The largest absolute Gasteiger partial charge is 0.354 e. The highest BCUT2D eigenvalue weighted by atomic mass is 16.1. The number of rotatable bonds is 6. The zero-order valence-electron chi connectivity index (χ0n) is 9.88. The van der Waals surface area contributed by atoms with Gasteiger partial charge in [-0.05, 0) is 26.9 Å². The minimum Gasteiger partial charge on any atom is -0.354 e. The van der Waals surface area contributed by atoms with Gasteiger partial charge < -0.3 is 15.5 Å². The number of nitrogens with zero attached hydrogens (tertiary/aromatic N) is 1. The van der Waals surface area contributed by atoms with Gasteiger partial charge in [0.2, 0.25) is 5.91 Å². The van der Waals surface area contributed by atoms with Gasteiger partial charge in [-0.3, -0.25) is 4.79 Å². The molecule has 0 bridgehead atoms. The molecule has 4 heteroatoms. The van der Waals surface area contributed by atoms with E-state index in [1.54, 1.807) is 7.05 Å². The lowest BCUT2D eigenvalue weighted by Crippen LogP contribution is -2.39. The van der Waals surface area contributed by atoms with Gasteiger partial charge >= 0.3 is 0 Å². The summed E-state index contributed by atoms with van der Waals surface area (Å²) in [6.45, 7) is 2.13. The Bertz CT molecular complexity index is 190. The molecule has 1 amide bonds. The van der Waals surface area contributed by atoms with Crippen molar-refractivity contribution in [3.63, 3.8) is 0 Å². The van der Waals surface area contributed by atoms with Gasteiger partial charge in [0.05, 0.1) is 6.54 Å². The molecule has 2 N–H and O–H groups in total. The lowest BCUT2D eigenvalue weighted by Gasteiger charge is -2.23. The van der Waals surface area contributed by atoms with Crippen molar-refractivity contribution in [1.29, 1.82) is 0 Å². The topological polar surface area (TPSA) is 44.4 Å². The zero-order valence-corrected chi connectivity index (χ0v) is 9.88. The lowest BCUT2D eigenvalue weighted by molar-refractivity contribution is -0.120. The molecular formula is C11H23N3O. The number of hydrogen-bond donors (Lipinski definition) is 2. The first-order valence-electron chi connectivity index (χ1n) is 5.85. The zero-order chi connectivity index (χ0) is 11.1. The molecule has 0 radical (unpaired) electrons. The molecule has 0 aliphatic heterocycles. The van der Waals surface area contributed by atoms with E-state index in [0.29, 0.717) is 6.54 Å². The molecule has 0 aromatic heterocycles. The van der Waals surface area contributed by atoms with E-state index in [4.69, 9.17) is 0 Å². The van der Waals surface area contributed by atoms with Gasteiger partial charge in [0.15, 0.2) is 0 Å². The highest BCUT2D eigenvalue weighted by molar-refractivity contribution is 5.77. The summed E-state index contributed by atoms with van der Waals surface area (Å²) in [7, 11) is 3.93. The Morgan fingerprint density at radius 1 is 1.40 bits per heavy atom. The minimum absolute atomic E-state index is 0.0809. The summed E-state index contributed by atoms with van der Waals surface area (Å²) >= 11 is 0. The van der Waals surface area contributed by atoms with Gasteiger partial charge in [-0.1, -0.05) is 12.8 Å². The second-order valence-corrected chi connectivity index (χ2v) is 4.30. The molecule has 0 heterocycles. The number of carbonyl (C=O) groups excluding carboxylic acids is 1. The highest BCUT2D eigenvalue weighted by Crippen LogP contribution is 2.21. The third-order valence-corrected chi connectivity index (χ3v) is 3.07.